The largest absolute Gasteiger partial charge is 0.325 e. The zero-order valence-corrected chi connectivity index (χ0v) is 13.4. The van der Waals surface area contributed by atoms with E-state index in [9.17, 15) is 4.79 Å². The number of benzene rings is 2. The third kappa shape index (κ3) is 1.70. The Labute approximate surface area is 131 Å². The Morgan fingerprint density at radius 3 is 2.50 bits per heavy atom. The van der Waals surface area contributed by atoms with E-state index in [2.05, 4.69) is 44.3 Å². The Kier molecular flexibility index (Phi) is 2.75. The van der Waals surface area contributed by atoms with Crippen LogP contribution in [0.4, 0.5) is 5.69 Å². The number of para-hydroxylation sites is 1. The molecule has 0 fully saturated rings. The molecule has 1 atom stereocenters. The van der Waals surface area contributed by atoms with Crippen molar-refractivity contribution in [1.82, 2.24) is 0 Å². The number of carbonyl (C=O) groups is 1. The highest BCUT2D eigenvalue weighted by Crippen LogP contribution is 2.47. The summed E-state index contributed by atoms with van der Waals surface area (Å²) in [7, 11) is 0. The van der Waals surface area contributed by atoms with Crippen molar-refractivity contribution in [2.45, 2.75) is 44.9 Å². The summed E-state index contributed by atoms with van der Waals surface area (Å²) in [6.45, 7) is 6.65. The molecule has 1 heterocycles. The first-order chi connectivity index (χ1) is 10.5. The van der Waals surface area contributed by atoms with Gasteiger partial charge in [-0.1, -0.05) is 44.2 Å². The van der Waals surface area contributed by atoms with Crippen LogP contribution in [0.25, 0.3) is 0 Å². The predicted molar refractivity (Wildman–Crippen MR) is 89.4 cm³/mol. The van der Waals surface area contributed by atoms with Crippen LogP contribution < -0.4 is 5.32 Å². The number of rotatable bonds is 1. The highest BCUT2D eigenvalue weighted by atomic mass is 16.2. The second-order valence-electron chi connectivity index (χ2n) is 7.07. The summed E-state index contributed by atoms with van der Waals surface area (Å²) in [6, 6.07) is 12.8. The Hall–Kier alpha value is -2.09. The Morgan fingerprint density at radius 1 is 1.09 bits per heavy atom. The van der Waals surface area contributed by atoms with Gasteiger partial charge in [0.25, 0.3) is 0 Å². The topological polar surface area (TPSA) is 29.1 Å². The van der Waals surface area contributed by atoms with Crippen molar-refractivity contribution < 1.29 is 4.79 Å². The third-order valence-electron chi connectivity index (χ3n) is 5.32. The molecule has 2 aliphatic rings. The first-order valence-electron chi connectivity index (χ1n) is 8.04. The number of aryl methyl sites for hydroxylation is 1. The molecule has 0 saturated carbocycles. The van der Waals surface area contributed by atoms with E-state index in [-0.39, 0.29) is 11.3 Å². The van der Waals surface area contributed by atoms with Crippen LogP contribution in [0.1, 0.15) is 47.6 Å². The minimum Gasteiger partial charge on any atom is -0.325 e. The summed E-state index contributed by atoms with van der Waals surface area (Å²) in [4.78, 5) is 12.7. The molecule has 2 aromatic carbocycles. The molecule has 1 aliphatic heterocycles. The van der Waals surface area contributed by atoms with Gasteiger partial charge in [-0.2, -0.15) is 0 Å². The molecule has 2 heteroatoms. The third-order valence-corrected chi connectivity index (χ3v) is 5.32. The van der Waals surface area contributed by atoms with Crippen molar-refractivity contribution in [3.63, 3.8) is 0 Å². The lowest BCUT2D eigenvalue weighted by atomic mass is 9.79. The molecule has 1 spiro atoms. The quantitative estimate of drug-likeness (QED) is 0.842. The second-order valence-corrected chi connectivity index (χ2v) is 7.07. The zero-order valence-electron chi connectivity index (χ0n) is 13.4. The van der Waals surface area contributed by atoms with E-state index in [0.29, 0.717) is 5.92 Å². The monoisotopic (exact) mass is 291 g/mol. The van der Waals surface area contributed by atoms with Crippen molar-refractivity contribution in [2.24, 2.45) is 0 Å². The number of hydrogen-bond donors (Lipinski definition) is 1. The lowest BCUT2D eigenvalue weighted by Gasteiger charge is -2.20. The number of carbonyl (C=O) groups excluding carboxylic acids is 1. The minimum absolute atomic E-state index is 0.161. The van der Waals surface area contributed by atoms with Gasteiger partial charge in [0.15, 0.2) is 0 Å². The molecule has 1 amide bonds. The van der Waals surface area contributed by atoms with Crippen LogP contribution in [0.5, 0.6) is 0 Å². The van der Waals surface area contributed by atoms with Gasteiger partial charge in [0.1, 0.15) is 0 Å². The summed E-state index contributed by atoms with van der Waals surface area (Å²) in [5.74, 6) is 0.681. The molecule has 0 aromatic heterocycles. The van der Waals surface area contributed by atoms with Crippen LogP contribution in [-0.2, 0) is 23.1 Å². The van der Waals surface area contributed by atoms with Crippen LogP contribution in [0.3, 0.4) is 0 Å². The SMILES string of the molecule is Cc1cc2c(cc1C(C)C)C[C@@]1(C2)C(=O)Nc2ccccc21. The second kappa shape index (κ2) is 4.45. The van der Waals surface area contributed by atoms with Gasteiger partial charge in [-0.05, 0) is 59.6 Å². The number of anilines is 1. The lowest BCUT2D eigenvalue weighted by molar-refractivity contribution is -0.120. The van der Waals surface area contributed by atoms with Gasteiger partial charge in [0.2, 0.25) is 5.91 Å². The van der Waals surface area contributed by atoms with Crippen molar-refractivity contribution >= 4 is 11.6 Å². The fourth-order valence-corrected chi connectivity index (χ4v) is 4.22. The van der Waals surface area contributed by atoms with E-state index < -0.39 is 0 Å². The molecule has 22 heavy (non-hydrogen) atoms. The number of nitrogens with one attached hydrogen (secondary N) is 1. The molecule has 0 bridgehead atoms. The molecule has 0 saturated heterocycles. The van der Waals surface area contributed by atoms with Crippen molar-refractivity contribution in [3.05, 3.63) is 64.2 Å². The lowest BCUT2D eigenvalue weighted by Crippen LogP contribution is -2.35. The van der Waals surface area contributed by atoms with Crippen molar-refractivity contribution in [2.75, 3.05) is 5.32 Å². The normalized spacial score (nSPS) is 22.1. The van der Waals surface area contributed by atoms with Crippen LogP contribution in [0, 0.1) is 6.92 Å². The van der Waals surface area contributed by atoms with Crippen LogP contribution >= 0.6 is 0 Å². The molecule has 2 aromatic rings. The van der Waals surface area contributed by atoms with E-state index in [0.717, 1.165) is 18.5 Å². The molecule has 1 N–H and O–H groups in total. The van der Waals surface area contributed by atoms with Gasteiger partial charge >= 0.3 is 0 Å². The highest BCUT2D eigenvalue weighted by molar-refractivity contribution is 6.07. The van der Waals surface area contributed by atoms with Crippen LogP contribution in [0.15, 0.2) is 36.4 Å². The summed E-state index contributed by atoms with van der Waals surface area (Å²) in [5.41, 5.74) is 7.21. The smallest absolute Gasteiger partial charge is 0.235 e. The van der Waals surface area contributed by atoms with E-state index in [1.165, 1.54) is 27.8 Å². The highest BCUT2D eigenvalue weighted by Gasteiger charge is 2.50. The molecule has 0 radical (unpaired) electrons. The van der Waals surface area contributed by atoms with E-state index in [1.54, 1.807) is 0 Å². The molecular formula is C20H21NO. The summed E-state index contributed by atoms with van der Waals surface area (Å²) in [5, 5.41) is 3.08. The number of fused-ring (bicyclic) bond motifs is 3. The van der Waals surface area contributed by atoms with Crippen molar-refractivity contribution in [3.8, 4) is 0 Å². The average Bonchev–Trinajstić information content (AvgIpc) is 2.97. The van der Waals surface area contributed by atoms with Gasteiger partial charge < -0.3 is 5.32 Å². The fraction of sp³-hybridized carbons (Fsp3) is 0.350. The molecule has 4 rings (SSSR count). The molecule has 2 nitrogen and oxygen atoms in total. The van der Waals surface area contributed by atoms with Gasteiger partial charge in [-0.15, -0.1) is 0 Å². The van der Waals surface area contributed by atoms with E-state index >= 15 is 0 Å². The van der Waals surface area contributed by atoms with Crippen LogP contribution in [-0.4, -0.2) is 5.91 Å². The predicted octanol–water partition coefficient (Wildman–Crippen LogP) is 4.11. The van der Waals surface area contributed by atoms with Gasteiger partial charge in [0.05, 0.1) is 5.41 Å². The molecule has 0 unspecified atom stereocenters. The maximum Gasteiger partial charge on any atom is 0.235 e. The first kappa shape index (κ1) is 13.6. The molecule has 1 aliphatic carbocycles. The van der Waals surface area contributed by atoms with E-state index in [4.69, 9.17) is 0 Å². The van der Waals surface area contributed by atoms with E-state index in [1.807, 2.05) is 18.2 Å². The molecular weight excluding hydrogens is 270 g/mol. The van der Waals surface area contributed by atoms with Gasteiger partial charge in [-0.25, -0.2) is 0 Å². The fourth-order valence-electron chi connectivity index (χ4n) is 4.22. The maximum absolute atomic E-state index is 12.7. The minimum atomic E-state index is -0.388. The molecule has 112 valence electrons. The summed E-state index contributed by atoms with van der Waals surface area (Å²) in [6.07, 6.45) is 1.65. The average molecular weight is 291 g/mol. The van der Waals surface area contributed by atoms with Gasteiger partial charge in [0, 0.05) is 5.69 Å². The Bertz CT molecular complexity index is 790. The first-order valence-corrected chi connectivity index (χ1v) is 8.04. The Balaban J connectivity index is 1.84. The number of hydrogen-bond acceptors (Lipinski definition) is 1. The summed E-state index contributed by atoms with van der Waals surface area (Å²) < 4.78 is 0. The standard InChI is InChI=1S/C20H21NO/c1-12(2)16-9-15-11-20(10-14(15)8-13(16)3)17-6-4-5-7-18(17)21-19(20)22/h4-9,12H,10-11H2,1-3H3,(H,21,22)/t20-/m1/s1. The maximum atomic E-state index is 12.7. The zero-order chi connectivity index (χ0) is 15.5. The van der Waals surface area contributed by atoms with Gasteiger partial charge in [-0.3, -0.25) is 4.79 Å². The number of amides is 1. The van der Waals surface area contributed by atoms with Crippen molar-refractivity contribution in [1.29, 1.82) is 0 Å². The summed E-state index contributed by atoms with van der Waals surface area (Å²) >= 11 is 0. The Morgan fingerprint density at radius 2 is 1.77 bits per heavy atom. The van der Waals surface area contributed by atoms with Crippen LogP contribution in [0.2, 0.25) is 0 Å².